The summed E-state index contributed by atoms with van der Waals surface area (Å²) < 4.78 is 0. The number of hydrogen-bond donors (Lipinski definition) is 1. The highest BCUT2D eigenvalue weighted by atomic mass is 16.2. The summed E-state index contributed by atoms with van der Waals surface area (Å²) in [5.74, 6) is 0.373. The van der Waals surface area contributed by atoms with Crippen LogP contribution < -0.4 is 5.32 Å². The van der Waals surface area contributed by atoms with Crippen molar-refractivity contribution in [1.29, 1.82) is 0 Å². The molecule has 0 aromatic carbocycles. The van der Waals surface area contributed by atoms with Crippen LogP contribution in [0.4, 0.5) is 0 Å². The molecule has 1 aliphatic heterocycles. The maximum absolute atomic E-state index is 12.0. The van der Waals surface area contributed by atoms with Gasteiger partial charge in [0.25, 0.3) is 0 Å². The highest BCUT2D eigenvalue weighted by Crippen LogP contribution is 2.17. The van der Waals surface area contributed by atoms with E-state index in [1.807, 2.05) is 0 Å². The minimum absolute atomic E-state index is 0.163. The second kappa shape index (κ2) is 7.63. The third kappa shape index (κ3) is 4.94. The minimum Gasteiger partial charge on any atom is -0.352 e. The molecule has 0 unspecified atom stereocenters. The lowest BCUT2D eigenvalue weighted by Gasteiger charge is -2.29. The second-order valence-corrected chi connectivity index (χ2v) is 6.01. The van der Waals surface area contributed by atoms with Crippen molar-refractivity contribution in [3.8, 4) is 0 Å². The van der Waals surface area contributed by atoms with Crippen LogP contribution in [0.5, 0.6) is 0 Å². The Bertz CT molecular complexity index is 291. The number of nitrogens with zero attached hydrogens (tertiary/aromatic N) is 1. The van der Waals surface area contributed by atoms with Crippen molar-refractivity contribution in [2.45, 2.75) is 57.4 Å². The summed E-state index contributed by atoms with van der Waals surface area (Å²) in [5, 5.41) is 3.18. The lowest BCUT2D eigenvalue weighted by atomic mass is 9.99. The molecule has 1 saturated carbocycles. The number of aldehydes is 1. The van der Waals surface area contributed by atoms with Crippen molar-refractivity contribution in [3.63, 3.8) is 0 Å². The number of nitrogens with one attached hydrogen (secondary N) is 1. The first-order valence-electron chi connectivity index (χ1n) is 7.75. The zero-order valence-electron chi connectivity index (χ0n) is 11.8. The Morgan fingerprint density at radius 1 is 1.05 bits per heavy atom. The molecule has 0 bridgehead atoms. The first-order valence-corrected chi connectivity index (χ1v) is 7.75. The summed E-state index contributed by atoms with van der Waals surface area (Å²) >= 11 is 0. The number of carbonyl (C=O) groups is 2. The summed E-state index contributed by atoms with van der Waals surface area (Å²) in [6.07, 6.45) is 10.3. The Balaban J connectivity index is 1.67. The van der Waals surface area contributed by atoms with Crippen molar-refractivity contribution in [3.05, 3.63) is 0 Å². The average molecular weight is 266 g/mol. The normalized spacial score (nSPS) is 23.8. The smallest absolute Gasteiger partial charge is 0.234 e. The molecule has 0 spiro atoms. The molecular weight excluding hydrogens is 240 g/mol. The van der Waals surface area contributed by atoms with Crippen molar-refractivity contribution >= 4 is 12.2 Å². The Morgan fingerprint density at radius 3 is 2.26 bits per heavy atom. The third-order valence-electron chi connectivity index (χ3n) is 4.41. The van der Waals surface area contributed by atoms with Crippen molar-refractivity contribution in [2.75, 3.05) is 19.6 Å². The molecule has 1 aliphatic carbocycles. The molecule has 2 fully saturated rings. The third-order valence-corrected chi connectivity index (χ3v) is 4.41. The van der Waals surface area contributed by atoms with E-state index >= 15 is 0 Å². The SMILES string of the molecule is O=CC1CCN(CC(=O)NC2CCCCCC2)CC1. The minimum atomic E-state index is 0.163. The molecule has 0 radical (unpaired) electrons. The van der Waals surface area contributed by atoms with Crippen LogP contribution in [-0.4, -0.2) is 42.8 Å². The zero-order valence-corrected chi connectivity index (χ0v) is 11.8. The van der Waals surface area contributed by atoms with Gasteiger partial charge in [-0.2, -0.15) is 0 Å². The number of hydrogen-bond acceptors (Lipinski definition) is 3. The van der Waals surface area contributed by atoms with E-state index in [9.17, 15) is 9.59 Å². The highest BCUT2D eigenvalue weighted by Gasteiger charge is 2.21. The Hall–Kier alpha value is -0.900. The van der Waals surface area contributed by atoms with Crippen LogP contribution in [0.15, 0.2) is 0 Å². The van der Waals surface area contributed by atoms with Crippen molar-refractivity contribution < 1.29 is 9.59 Å². The van der Waals surface area contributed by atoms with Crippen LogP contribution in [0.1, 0.15) is 51.4 Å². The molecule has 2 rings (SSSR count). The largest absolute Gasteiger partial charge is 0.352 e. The van der Waals surface area contributed by atoms with E-state index in [2.05, 4.69) is 10.2 Å². The molecule has 108 valence electrons. The molecule has 4 nitrogen and oxygen atoms in total. The second-order valence-electron chi connectivity index (χ2n) is 6.01. The van der Waals surface area contributed by atoms with Gasteiger partial charge in [-0.3, -0.25) is 9.69 Å². The van der Waals surface area contributed by atoms with Gasteiger partial charge >= 0.3 is 0 Å². The van der Waals surface area contributed by atoms with E-state index in [0.717, 1.165) is 45.1 Å². The number of piperidine rings is 1. The van der Waals surface area contributed by atoms with Crippen molar-refractivity contribution in [1.82, 2.24) is 10.2 Å². The van der Waals surface area contributed by atoms with E-state index in [4.69, 9.17) is 0 Å². The maximum atomic E-state index is 12.0. The topological polar surface area (TPSA) is 49.4 Å². The summed E-state index contributed by atoms with van der Waals surface area (Å²) in [6.45, 7) is 2.26. The van der Waals surface area contributed by atoms with Gasteiger partial charge in [-0.25, -0.2) is 0 Å². The zero-order chi connectivity index (χ0) is 13.5. The lowest BCUT2D eigenvalue weighted by Crippen LogP contribution is -2.44. The van der Waals surface area contributed by atoms with E-state index in [0.29, 0.717) is 12.6 Å². The predicted molar refractivity (Wildman–Crippen MR) is 74.9 cm³/mol. The van der Waals surface area contributed by atoms with Gasteiger partial charge in [-0.1, -0.05) is 25.7 Å². The van der Waals surface area contributed by atoms with Crippen LogP contribution in [0.2, 0.25) is 0 Å². The Labute approximate surface area is 115 Å². The molecule has 1 amide bonds. The van der Waals surface area contributed by atoms with Gasteiger partial charge in [0.05, 0.1) is 6.54 Å². The van der Waals surface area contributed by atoms with Gasteiger partial charge in [-0.05, 0) is 38.8 Å². The number of carbonyl (C=O) groups excluding carboxylic acids is 2. The van der Waals surface area contributed by atoms with E-state index in [1.54, 1.807) is 0 Å². The van der Waals surface area contributed by atoms with E-state index < -0.39 is 0 Å². The van der Waals surface area contributed by atoms with Gasteiger partial charge in [0.2, 0.25) is 5.91 Å². The number of likely N-dealkylation sites (tertiary alicyclic amines) is 1. The predicted octanol–water partition coefficient (Wildman–Crippen LogP) is 1.74. The van der Waals surface area contributed by atoms with Crippen LogP contribution in [0.25, 0.3) is 0 Å². The van der Waals surface area contributed by atoms with Gasteiger partial charge in [-0.15, -0.1) is 0 Å². The molecule has 19 heavy (non-hydrogen) atoms. The van der Waals surface area contributed by atoms with Crippen LogP contribution in [-0.2, 0) is 9.59 Å². The Kier molecular flexibility index (Phi) is 5.83. The average Bonchev–Trinajstić information content (AvgIpc) is 2.68. The fourth-order valence-corrected chi connectivity index (χ4v) is 3.15. The van der Waals surface area contributed by atoms with E-state index in [-0.39, 0.29) is 11.8 Å². The summed E-state index contributed by atoms with van der Waals surface area (Å²) in [4.78, 5) is 24.9. The fraction of sp³-hybridized carbons (Fsp3) is 0.867. The quantitative estimate of drug-likeness (QED) is 0.623. The maximum Gasteiger partial charge on any atom is 0.234 e. The first kappa shape index (κ1) is 14.5. The molecule has 0 aromatic rings. The number of amides is 1. The first-order chi connectivity index (χ1) is 9.28. The monoisotopic (exact) mass is 266 g/mol. The molecular formula is C15H26N2O2. The van der Waals surface area contributed by atoms with Gasteiger partial charge in [0, 0.05) is 12.0 Å². The molecule has 0 aromatic heterocycles. The fourth-order valence-electron chi connectivity index (χ4n) is 3.15. The van der Waals surface area contributed by atoms with Crippen LogP contribution >= 0.6 is 0 Å². The molecule has 1 saturated heterocycles. The van der Waals surface area contributed by atoms with Gasteiger partial charge in [0.15, 0.2) is 0 Å². The van der Waals surface area contributed by atoms with Crippen molar-refractivity contribution in [2.24, 2.45) is 5.92 Å². The van der Waals surface area contributed by atoms with Crippen LogP contribution in [0, 0.1) is 5.92 Å². The molecule has 1 heterocycles. The molecule has 4 heteroatoms. The summed E-state index contributed by atoms with van der Waals surface area (Å²) in [7, 11) is 0. The number of rotatable bonds is 4. The molecule has 1 N–H and O–H groups in total. The van der Waals surface area contributed by atoms with Gasteiger partial charge < -0.3 is 10.1 Å². The standard InChI is InChI=1S/C15H26N2O2/c18-12-13-7-9-17(10-8-13)11-15(19)16-14-5-3-1-2-4-6-14/h12-14H,1-11H2,(H,16,19). The highest BCUT2D eigenvalue weighted by molar-refractivity contribution is 5.78. The summed E-state index contributed by atoms with van der Waals surface area (Å²) in [5.41, 5.74) is 0. The lowest BCUT2D eigenvalue weighted by molar-refractivity contribution is -0.123. The van der Waals surface area contributed by atoms with E-state index in [1.165, 1.54) is 25.7 Å². The Morgan fingerprint density at radius 2 is 1.68 bits per heavy atom. The van der Waals surface area contributed by atoms with Gasteiger partial charge in [0.1, 0.15) is 6.29 Å². The molecule has 0 atom stereocenters. The summed E-state index contributed by atoms with van der Waals surface area (Å²) in [6, 6.07) is 0.391. The van der Waals surface area contributed by atoms with Crippen LogP contribution in [0.3, 0.4) is 0 Å². The molecule has 2 aliphatic rings.